The number of aromatic hydroxyl groups is 1. The molecule has 0 aromatic heterocycles. The van der Waals surface area contributed by atoms with Gasteiger partial charge in [0.25, 0.3) is 0 Å². The van der Waals surface area contributed by atoms with Gasteiger partial charge in [0.1, 0.15) is 0 Å². The maximum Gasteiger partial charge on any atom is 0.427 e. The Hall–Kier alpha value is -2.84. The summed E-state index contributed by atoms with van der Waals surface area (Å²) in [5.41, 5.74) is 1.75. The van der Waals surface area contributed by atoms with Crippen molar-refractivity contribution in [1.29, 1.82) is 0 Å². The number of hydrazone groups is 1. The second-order valence-electron chi connectivity index (χ2n) is 3.21. The number of nitro groups is 1. The van der Waals surface area contributed by atoms with Crippen LogP contribution in [0.5, 0.6) is 11.5 Å². The number of nitrogens with zero attached hydrogens (tertiary/aromatic N) is 2. The highest BCUT2D eigenvalue weighted by Crippen LogP contribution is 2.36. The molecular formula is C10H11N3O6. The number of phenols is 1. The second-order valence-corrected chi connectivity index (χ2v) is 3.21. The summed E-state index contributed by atoms with van der Waals surface area (Å²) in [7, 11) is 2.42. The van der Waals surface area contributed by atoms with E-state index in [-0.39, 0.29) is 11.3 Å². The van der Waals surface area contributed by atoms with Gasteiger partial charge in [0.15, 0.2) is 5.75 Å². The smallest absolute Gasteiger partial charge is 0.427 e. The van der Waals surface area contributed by atoms with Crippen LogP contribution in [0.1, 0.15) is 5.56 Å². The zero-order valence-corrected chi connectivity index (χ0v) is 10.1. The highest BCUT2D eigenvalue weighted by atomic mass is 16.6. The Morgan fingerprint density at radius 3 is 2.74 bits per heavy atom. The molecule has 1 rings (SSSR count). The molecule has 0 aliphatic carbocycles. The molecule has 102 valence electrons. The summed E-state index contributed by atoms with van der Waals surface area (Å²) in [6, 6.07) is 2.41. The quantitative estimate of drug-likeness (QED) is 0.477. The molecule has 0 heterocycles. The molecule has 19 heavy (non-hydrogen) atoms. The maximum absolute atomic E-state index is 10.7. The van der Waals surface area contributed by atoms with Crippen molar-refractivity contribution in [3.8, 4) is 11.5 Å². The monoisotopic (exact) mass is 269 g/mol. The molecule has 0 bridgehead atoms. The highest BCUT2D eigenvalue weighted by Gasteiger charge is 2.19. The number of phenolic OH excluding ortho intramolecular Hbond substituents is 1. The Morgan fingerprint density at radius 1 is 1.53 bits per heavy atom. The summed E-state index contributed by atoms with van der Waals surface area (Å²) in [5, 5.41) is 23.8. The van der Waals surface area contributed by atoms with Crippen molar-refractivity contribution in [2.75, 3.05) is 14.2 Å². The van der Waals surface area contributed by atoms with E-state index < -0.39 is 22.5 Å². The first-order chi connectivity index (χ1) is 8.99. The van der Waals surface area contributed by atoms with Crippen molar-refractivity contribution in [2.24, 2.45) is 5.10 Å². The van der Waals surface area contributed by atoms with E-state index in [0.29, 0.717) is 0 Å². The van der Waals surface area contributed by atoms with Crippen LogP contribution in [0.25, 0.3) is 0 Å². The zero-order chi connectivity index (χ0) is 14.4. The molecule has 0 saturated carbocycles. The summed E-state index contributed by atoms with van der Waals surface area (Å²) in [4.78, 5) is 20.7. The summed E-state index contributed by atoms with van der Waals surface area (Å²) in [6.07, 6.45) is 0.364. The van der Waals surface area contributed by atoms with Gasteiger partial charge in [0.05, 0.1) is 25.4 Å². The van der Waals surface area contributed by atoms with E-state index in [2.05, 4.69) is 9.84 Å². The molecule has 0 atom stereocenters. The Morgan fingerprint density at radius 2 is 2.21 bits per heavy atom. The molecule has 0 aliphatic rings. The number of benzene rings is 1. The fourth-order valence-electron chi connectivity index (χ4n) is 1.19. The minimum atomic E-state index is -0.781. The zero-order valence-electron chi connectivity index (χ0n) is 10.1. The van der Waals surface area contributed by atoms with Gasteiger partial charge in [-0.3, -0.25) is 10.1 Å². The highest BCUT2D eigenvalue weighted by molar-refractivity contribution is 5.84. The number of ether oxygens (including phenoxy) is 2. The molecule has 9 heteroatoms. The van der Waals surface area contributed by atoms with Crippen LogP contribution in [0.3, 0.4) is 0 Å². The van der Waals surface area contributed by atoms with Gasteiger partial charge in [-0.25, -0.2) is 10.2 Å². The minimum absolute atomic E-state index is 0.0753. The van der Waals surface area contributed by atoms with Crippen molar-refractivity contribution in [1.82, 2.24) is 5.43 Å². The fraction of sp³-hybridized carbons (Fsp3) is 0.200. The van der Waals surface area contributed by atoms with Crippen LogP contribution in [0, 0.1) is 10.1 Å². The van der Waals surface area contributed by atoms with E-state index in [1.165, 1.54) is 20.3 Å². The van der Waals surface area contributed by atoms with Crippen molar-refractivity contribution in [3.05, 3.63) is 27.8 Å². The number of nitro benzene ring substituents is 1. The van der Waals surface area contributed by atoms with Crippen molar-refractivity contribution < 1.29 is 24.3 Å². The Labute approximate surface area is 107 Å². The van der Waals surface area contributed by atoms with E-state index in [1.807, 2.05) is 5.43 Å². The SMILES string of the molecule is COC(=O)N/N=C/c1cc(OC)c(O)c([N+](=O)[O-])c1. The average molecular weight is 269 g/mol. The van der Waals surface area contributed by atoms with Crippen molar-refractivity contribution in [2.45, 2.75) is 0 Å². The first kappa shape index (κ1) is 14.2. The molecule has 9 nitrogen and oxygen atoms in total. The molecule has 0 unspecified atom stereocenters. The van der Waals surface area contributed by atoms with Gasteiger partial charge in [0.2, 0.25) is 5.75 Å². The Balaban J connectivity index is 3.05. The van der Waals surface area contributed by atoms with Crippen LogP contribution in [0.15, 0.2) is 17.2 Å². The summed E-state index contributed by atoms with van der Waals surface area (Å²) < 4.78 is 9.07. The van der Waals surface area contributed by atoms with Gasteiger partial charge in [-0.15, -0.1) is 0 Å². The van der Waals surface area contributed by atoms with Gasteiger partial charge < -0.3 is 14.6 Å². The molecule has 1 aromatic rings. The third-order valence-electron chi connectivity index (χ3n) is 2.05. The lowest BCUT2D eigenvalue weighted by Crippen LogP contribution is -2.16. The fourth-order valence-corrected chi connectivity index (χ4v) is 1.19. The lowest BCUT2D eigenvalue weighted by molar-refractivity contribution is -0.386. The predicted octanol–water partition coefficient (Wildman–Crippen LogP) is 0.999. The van der Waals surface area contributed by atoms with E-state index in [0.717, 1.165) is 12.3 Å². The Kier molecular flexibility index (Phi) is 4.63. The van der Waals surface area contributed by atoms with Crippen LogP contribution < -0.4 is 10.2 Å². The molecule has 0 spiro atoms. The number of methoxy groups -OCH3 is 2. The topological polar surface area (TPSA) is 123 Å². The van der Waals surface area contributed by atoms with Gasteiger partial charge in [-0.1, -0.05) is 0 Å². The first-order valence-corrected chi connectivity index (χ1v) is 4.92. The lowest BCUT2D eigenvalue weighted by Gasteiger charge is -2.04. The molecule has 0 fully saturated rings. The van der Waals surface area contributed by atoms with E-state index in [1.54, 1.807) is 0 Å². The molecule has 0 aliphatic heterocycles. The summed E-state index contributed by atoms with van der Waals surface area (Å²) in [6.45, 7) is 0. The number of carbonyl (C=O) groups excluding carboxylic acids is 1. The number of hydrogen-bond donors (Lipinski definition) is 2. The third-order valence-corrected chi connectivity index (χ3v) is 2.05. The van der Waals surface area contributed by atoms with E-state index >= 15 is 0 Å². The van der Waals surface area contributed by atoms with Crippen LogP contribution in [0.2, 0.25) is 0 Å². The number of nitrogens with one attached hydrogen (secondary N) is 1. The molecule has 1 amide bonds. The van der Waals surface area contributed by atoms with Crippen molar-refractivity contribution >= 4 is 18.0 Å². The number of rotatable bonds is 4. The number of carbonyl (C=O) groups is 1. The number of amides is 1. The first-order valence-electron chi connectivity index (χ1n) is 4.92. The van der Waals surface area contributed by atoms with Gasteiger partial charge in [-0.05, 0) is 6.07 Å². The van der Waals surface area contributed by atoms with Gasteiger partial charge >= 0.3 is 11.8 Å². The molecule has 2 N–H and O–H groups in total. The minimum Gasteiger partial charge on any atom is -0.500 e. The van der Waals surface area contributed by atoms with Crippen LogP contribution in [-0.2, 0) is 4.74 Å². The largest absolute Gasteiger partial charge is 0.500 e. The third kappa shape index (κ3) is 3.56. The molecule has 0 saturated heterocycles. The standard InChI is InChI=1S/C10H11N3O6/c1-18-8-4-6(5-11-12-10(15)19-2)3-7(9(8)14)13(16)17/h3-5,14H,1-2H3,(H,12,15)/b11-5+. The number of hydrogen-bond acceptors (Lipinski definition) is 7. The van der Waals surface area contributed by atoms with Crippen LogP contribution in [0.4, 0.5) is 10.5 Å². The van der Waals surface area contributed by atoms with Gasteiger partial charge in [0, 0.05) is 11.6 Å². The average Bonchev–Trinajstić information content (AvgIpc) is 2.39. The maximum atomic E-state index is 10.7. The summed E-state index contributed by atoms with van der Waals surface area (Å²) in [5.74, 6) is -0.653. The normalized spacial score (nSPS) is 10.2. The molecule has 0 radical (unpaired) electrons. The lowest BCUT2D eigenvalue weighted by atomic mass is 10.2. The van der Waals surface area contributed by atoms with E-state index in [4.69, 9.17) is 4.74 Å². The molecular weight excluding hydrogens is 258 g/mol. The van der Waals surface area contributed by atoms with Crippen LogP contribution >= 0.6 is 0 Å². The Bertz CT molecular complexity index is 528. The van der Waals surface area contributed by atoms with Gasteiger partial charge in [-0.2, -0.15) is 5.10 Å². The van der Waals surface area contributed by atoms with E-state index in [9.17, 15) is 20.0 Å². The summed E-state index contributed by atoms with van der Waals surface area (Å²) >= 11 is 0. The predicted molar refractivity (Wildman–Crippen MR) is 64.4 cm³/mol. The van der Waals surface area contributed by atoms with Crippen molar-refractivity contribution in [3.63, 3.8) is 0 Å². The van der Waals surface area contributed by atoms with Crippen LogP contribution in [-0.4, -0.2) is 36.6 Å². The second kappa shape index (κ2) is 6.19. The molecule has 1 aromatic carbocycles.